The van der Waals surface area contributed by atoms with E-state index in [1.54, 1.807) is 6.07 Å². The van der Waals surface area contributed by atoms with Crippen LogP contribution in [0.15, 0.2) is 48.5 Å². The minimum atomic E-state index is -3.49. The Bertz CT molecular complexity index is 945. The zero-order valence-electron chi connectivity index (χ0n) is 15.7. The summed E-state index contributed by atoms with van der Waals surface area (Å²) in [7, 11) is -1.43. The van der Waals surface area contributed by atoms with Crippen molar-refractivity contribution < 1.29 is 13.5 Å². The van der Waals surface area contributed by atoms with Crippen molar-refractivity contribution in [2.24, 2.45) is 0 Å². The minimum Gasteiger partial charge on any atom is -0.508 e. The van der Waals surface area contributed by atoms with Crippen LogP contribution in [-0.2, 0) is 27.6 Å². The fourth-order valence-electron chi connectivity index (χ4n) is 4.72. The lowest BCUT2D eigenvalue weighted by Crippen LogP contribution is -2.67. The summed E-state index contributed by atoms with van der Waals surface area (Å²) in [5.74, 6) is 0.210. The van der Waals surface area contributed by atoms with Gasteiger partial charge in [0.05, 0.1) is 5.75 Å². The Morgan fingerprint density at radius 1 is 1.22 bits per heavy atom. The van der Waals surface area contributed by atoms with E-state index in [0.29, 0.717) is 0 Å². The van der Waals surface area contributed by atoms with Gasteiger partial charge in [-0.1, -0.05) is 43.3 Å². The van der Waals surface area contributed by atoms with Gasteiger partial charge >= 0.3 is 0 Å². The molecule has 4 rings (SSSR count). The van der Waals surface area contributed by atoms with Gasteiger partial charge in [-0.15, -0.1) is 0 Å². The number of likely N-dealkylation sites (N-methyl/N-ethyl adjacent to an activating group) is 1. The Hall–Kier alpha value is -1.89. The van der Waals surface area contributed by atoms with E-state index >= 15 is 0 Å². The largest absolute Gasteiger partial charge is 0.508 e. The van der Waals surface area contributed by atoms with E-state index in [-0.39, 0.29) is 29.0 Å². The molecule has 5 nitrogen and oxygen atoms in total. The van der Waals surface area contributed by atoms with Crippen molar-refractivity contribution in [3.63, 3.8) is 0 Å². The molecule has 0 saturated carbocycles. The van der Waals surface area contributed by atoms with Crippen molar-refractivity contribution in [2.45, 2.75) is 43.0 Å². The van der Waals surface area contributed by atoms with E-state index in [1.807, 2.05) is 42.5 Å². The highest BCUT2D eigenvalue weighted by Crippen LogP contribution is 2.45. The number of hydrogen-bond acceptors (Lipinski definition) is 4. The third-order valence-electron chi connectivity index (χ3n) is 6.27. The Morgan fingerprint density at radius 2 is 1.96 bits per heavy atom. The summed E-state index contributed by atoms with van der Waals surface area (Å²) in [5.41, 5.74) is 2.71. The molecule has 1 aliphatic carbocycles. The Balaban J connectivity index is 1.69. The molecular weight excluding hydrogens is 360 g/mol. The SMILES string of the molecule is CN1CCC2(C)c3cc(O)ccc3C[C@@H]1[C@@H]2NS(=O)(=O)Cc1ccccc1. The van der Waals surface area contributed by atoms with Crippen LogP contribution < -0.4 is 4.72 Å². The highest BCUT2D eigenvalue weighted by atomic mass is 32.2. The van der Waals surface area contributed by atoms with Crippen LogP contribution in [0.1, 0.15) is 30.0 Å². The lowest BCUT2D eigenvalue weighted by atomic mass is 9.62. The number of phenolic OH excluding ortho intramolecular Hbond substituents is 1. The summed E-state index contributed by atoms with van der Waals surface area (Å²) in [5, 5.41) is 10.0. The highest BCUT2D eigenvalue weighted by molar-refractivity contribution is 7.88. The average Bonchev–Trinajstić information content (AvgIpc) is 2.62. The molecule has 1 fully saturated rings. The predicted octanol–water partition coefficient (Wildman–Crippen LogP) is 2.40. The van der Waals surface area contributed by atoms with E-state index in [0.717, 1.165) is 30.5 Å². The molecule has 1 aliphatic heterocycles. The van der Waals surface area contributed by atoms with Gasteiger partial charge in [0.2, 0.25) is 10.0 Å². The minimum absolute atomic E-state index is 0.0241. The highest BCUT2D eigenvalue weighted by Gasteiger charge is 2.51. The van der Waals surface area contributed by atoms with Crippen LogP contribution >= 0.6 is 0 Å². The zero-order chi connectivity index (χ0) is 19.2. The van der Waals surface area contributed by atoms with Gasteiger partial charge in [0.1, 0.15) is 5.75 Å². The summed E-state index contributed by atoms with van der Waals surface area (Å²) in [6.07, 6.45) is 1.62. The van der Waals surface area contributed by atoms with E-state index in [4.69, 9.17) is 0 Å². The number of fused-ring (bicyclic) bond motifs is 4. The average molecular weight is 387 g/mol. The molecule has 144 valence electrons. The monoisotopic (exact) mass is 386 g/mol. The molecule has 3 atom stereocenters. The predicted molar refractivity (Wildman–Crippen MR) is 106 cm³/mol. The second-order valence-electron chi connectivity index (χ2n) is 8.10. The van der Waals surface area contributed by atoms with Gasteiger partial charge in [0.25, 0.3) is 0 Å². The fraction of sp³-hybridized carbons (Fsp3) is 0.429. The zero-order valence-corrected chi connectivity index (χ0v) is 16.5. The molecular formula is C21H26N2O3S. The number of phenols is 1. The third kappa shape index (κ3) is 3.37. The number of nitrogens with zero attached hydrogens (tertiary/aromatic N) is 1. The van der Waals surface area contributed by atoms with Crippen molar-refractivity contribution in [1.29, 1.82) is 0 Å². The van der Waals surface area contributed by atoms with Crippen molar-refractivity contribution in [3.8, 4) is 5.75 Å². The quantitative estimate of drug-likeness (QED) is 0.847. The molecule has 0 spiro atoms. The molecule has 2 bridgehead atoms. The topological polar surface area (TPSA) is 69.6 Å². The number of benzene rings is 2. The van der Waals surface area contributed by atoms with Crippen LogP contribution in [0.2, 0.25) is 0 Å². The first-order valence-electron chi connectivity index (χ1n) is 9.35. The molecule has 6 heteroatoms. The molecule has 0 radical (unpaired) electrons. The number of sulfonamides is 1. The third-order valence-corrected chi connectivity index (χ3v) is 7.59. The lowest BCUT2D eigenvalue weighted by Gasteiger charge is -2.54. The lowest BCUT2D eigenvalue weighted by molar-refractivity contribution is 0.0777. The first-order chi connectivity index (χ1) is 12.8. The van der Waals surface area contributed by atoms with Gasteiger partial charge in [-0.25, -0.2) is 13.1 Å². The number of likely N-dealkylation sites (tertiary alicyclic amines) is 1. The van der Waals surface area contributed by atoms with Gasteiger partial charge < -0.3 is 10.0 Å². The molecule has 2 aromatic carbocycles. The Labute approximate surface area is 161 Å². The standard InChI is InChI=1S/C21H26N2O3S/c1-21-10-11-23(2)19(12-16-8-9-17(24)13-18(16)21)20(21)22-27(25,26)14-15-6-4-3-5-7-15/h3-9,13,19-20,22,24H,10-12,14H2,1-2H3/t19-,20+,21?/m1/s1. The van der Waals surface area contributed by atoms with Gasteiger partial charge in [0, 0.05) is 17.5 Å². The van der Waals surface area contributed by atoms with Crippen molar-refractivity contribution in [3.05, 3.63) is 65.2 Å². The van der Waals surface area contributed by atoms with Gasteiger partial charge in [-0.05, 0) is 55.3 Å². The second kappa shape index (κ2) is 6.62. The normalized spacial score (nSPS) is 27.9. The molecule has 2 aromatic rings. The molecule has 0 aromatic heterocycles. The van der Waals surface area contributed by atoms with E-state index in [9.17, 15) is 13.5 Å². The number of nitrogens with one attached hydrogen (secondary N) is 1. The number of aromatic hydroxyl groups is 1. The molecule has 1 unspecified atom stereocenters. The second-order valence-corrected chi connectivity index (χ2v) is 9.86. The van der Waals surface area contributed by atoms with Gasteiger partial charge in [-0.3, -0.25) is 0 Å². The summed E-state index contributed by atoms with van der Waals surface area (Å²) >= 11 is 0. The summed E-state index contributed by atoms with van der Waals surface area (Å²) < 4.78 is 28.9. The smallest absolute Gasteiger partial charge is 0.216 e. The summed E-state index contributed by atoms with van der Waals surface area (Å²) in [6.45, 7) is 3.04. The Morgan fingerprint density at radius 3 is 2.70 bits per heavy atom. The summed E-state index contributed by atoms with van der Waals surface area (Å²) in [4.78, 5) is 2.26. The molecule has 2 N–H and O–H groups in total. The van der Waals surface area contributed by atoms with Crippen LogP contribution in [0.5, 0.6) is 5.75 Å². The van der Waals surface area contributed by atoms with Crippen LogP contribution in [0.4, 0.5) is 0 Å². The van der Waals surface area contributed by atoms with Crippen molar-refractivity contribution in [1.82, 2.24) is 9.62 Å². The van der Waals surface area contributed by atoms with E-state index < -0.39 is 10.0 Å². The van der Waals surface area contributed by atoms with Crippen LogP contribution in [0.25, 0.3) is 0 Å². The maximum atomic E-state index is 12.9. The van der Waals surface area contributed by atoms with Crippen LogP contribution in [0.3, 0.4) is 0 Å². The van der Waals surface area contributed by atoms with Crippen LogP contribution in [-0.4, -0.2) is 44.1 Å². The molecule has 1 saturated heterocycles. The van der Waals surface area contributed by atoms with E-state index in [1.165, 1.54) is 5.56 Å². The molecule has 1 heterocycles. The maximum Gasteiger partial charge on any atom is 0.216 e. The van der Waals surface area contributed by atoms with Gasteiger partial charge in [-0.2, -0.15) is 0 Å². The number of piperidine rings is 1. The molecule has 0 amide bonds. The first-order valence-corrected chi connectivity index (χ1v) is 11.0. The molecule has 2 aliphatic rings. The maximum absolute atomic E-state index is 12.9. The first kappa shape index (κ1) is 18.5. The number of hydrogen-bond donors (Lipinski definition) is 2. The fourth-order valence-corrected chi connectivity index (χ4v) is 6.24. The van der Waals surface area contributed by atoms with Crippen LogP contribution in [0, 0.1) is 0 Å². The Kier molecular flexibility index (Phi) is 4.53. The number of rotatable bonds is 4. The van der Waals surface area contributed by atoms with E-state index in [2.05, 4.69) is 23.6 Å². The van der Waals surface area contributed by atoms with Gasteiger partial charge in [0.15, 0.2) is 0 Å². The van der Waals surface area contributed by atoms with Crippen molar-refractivity contribution >= 4 is 10.0 Å². The molecule has 27 heavy (non-hydrogen) atoms. The van der Waals surface area contributed by atoms with Crippen molar-refractivity contribution in [2.75, 3.05) is 13.6 Å². The summed E-state index contributed by atoms with van der Waals surface area (Å²) in [6, 6.07) is 14.7.